The summed E-state index contributed by atoms with van der Waals surface area (Å²) in [6.45, 7) is 1.61. The number of halogens is 2. The van der Waals surface area contributed by atoms with Crippen LogP contribution in [0.3, 0.4) is 0 Å². The van der Waals surface area contributed by atoms with Crippen LogP contribution in [0.1, 0.15) is 16.8 Å². The predicted octanol–water partition coefficient (Wildman–Crippen LogP) is 2.88. The van der Waals surface area contributed by atoms with Crippen molar-refractivity contribution in [1.82, 2.24) is 9.80 Å². The van der Waals surface area contributed by atoms with Gasteiger partial charge in [0.15, 0.2) is 0 Å². The molecule has 0 aliphatic carbocycles. The molecule has 1 aliphatic rings. The van der Waals surface area contributed by atoms with Gasteiger partial charge >= 0.3 is 0 Å². The Bertz CT molecular complexity index is 464. The van der Waals surface area contributed by atoms with Crippen molar-refractivity contribution in [2.45, 2.75) is 12.5 Å². The van der Waals surface area contributed by atoms with Crippen molar-refractivity contribution < 1.29 is 4.79 Å². The molecule has 0 spiro atoms. The molecule has 3 nitrogen and oxygen atoms in total. The average molecular weight is 332 g/mol. The summed E-state index contributed by atoms with van der Waals surface area (Å²) in [5.41, 5.74) is 0.679. The second kappa shape index (κ2) is 5.59. The van der Waals surface area contributed by atoms with Crippen LogP contribution >= 0.6 is 27.5 Å². The van der Waals surface area contributed by atoms with Crippen LogP contribution in [0.2, 0.25) is 5.02 Å². The fourth-order valence-electron chi connectivity index (χ4n) is 2.18. The number of rotatable bonds is 2. The summed E-state index contributed by atoms with van der Waals surface area (Å²) >= 11 is 9.28. The third kappa shape index (κ3) is 2.87. The average Bonchev–Trinajstić information content (AvgIpc) is 2.77. The fourth-order valence-corrected chi connectivity index (χ4v) is 3.03. The van der Waals surface area contributed by atoms with Gasteiger partial charge in [-0.3, -0.25) is 4.79 Å². The Balaban J connectivity index is 2.13. The Labute approximate surface area is 121 Å². The quantitative estimate of drug-likeness (QED) is 0.832. The van der Waals surface area contributed by atoms with Crippen molar-refractivity contribution in [3.8, 4) is 0 Å². The van der Waals surface area contributed by atoms with Crippen LogP contribution in [-0.4, -0.2) is 48.9 Å². The summed E-state index contributed by atoms with van der Waals surface area (Å²) in [5.74, 6) is 0.0721. The van der Waals surface area contributed by atoms with Crippen molar-refractivity contribution in [3.63, 3.8) is 0 Å². The topological polar surface area (TPSA) is 23.6 Å². The highest BCUT2D eigenvalue weighted by Gasteiger charge is 2.28. The lowest BCUT2D eigenvalue weighted by atomic mass is 10.2. The van der Waals surface area contributed by atoms with Gasteiger partial charge in [0, 0.05) is 28.6 Å². The molecule has 1 fully saturated rings. The minimum Gasteiger partial charge on any atom is -0.337 e. The number of carbonyl (C=O) groups is 1. The highest BCUT2D eigenvalue weighted by Crippen LogP contribution is 2.24. The standard InChI is InChI=1S/C13H16BrClN2O/c1-16(2)10-5-6-17(8-10)13(18)11-4-3-9(15)7-12(11)14/h3-4,7,10H,5-6,8H2,1-2H3. The van der Waals surface area contributed by atoms with Crippen molar-refractivity contribution >= 4 is 33.4 Å². The summed E-state index contributed by atoms with van der Waals surface area (Å²) in [6, 6.07) is 5.74. The van der Waals surface area contributed by atoms with Gasteiger partial charge < -0.3 is 9.80 Å². The Morgan fingerprint density at radius 1 is 1.50 bits per heavy atom. The highest BCUT2D eigenvalue weighted by atomic mass is 79.9. The molecule has 1 atom stereocenters. The molecule has 0 saturated carbocycles. The van der Waals surface area contributed by atoms with Gasteiger partial charge in [0.25, 0.3) is 5.91 Å². The van der Waals surface area contributed by atoms with E-state index in [2.05, 4.69) is 34.9 Å². The first-order valence-electron chi connectivity index (χ1n) is 5.90. The second-order valence-corrected chi connectivity index (χ2v) is 6.07. The fraction of sp³-hybridized carbons (Fsp3) is 0.462. The Morgan fingerprint density at radius 2 is 2.22 bits per heavy atom. The molecular formula is C13H16BrClN2O. The van der Waals surface area contributed by atoms with Crippen molar-refractivity contribution in [2.75, 3.05) is 27.2 Å². The molecule has 1 aromatic rings. The van der Waals surface area contributed by atoms with Crippen LogP contribution in [0.15, 0.2) is 22.7 Å². The van der Waals surface area contributed by atoms with Crippen LogP contribution in [0.5, 0.6) is 0 Å². The van der Waals surface area contributed by atoms with Crippen LogP contribution in [-0.2, 0) is 0 Å². The number of amides is 1. The molecule has 1 amide bonds. The molecule has 0 aromatic heterocycles. The summed E-state index contributed by atoms with van der Waals surface area (Å²) in [6.07, 6.45) is 1.03. The zero-order valence-corrected chi connectivity index (χ0v) is 12.8. The van der Waals surface area contributed by atoms with E-state index in [0.717, 1.165) is 24.0 Å². The number of benzene rings is 1. The summed E-state index contributed by atoms with van der Waals surface area (Å²) in [7, 11) is 4.10. The van der Waals surface area contributed by atoms with Gasteiger partial charge in [-0.15, -0.1) is 0 Å². The van der Waals surface area contributed by atoms with E-state index in [0.29, 0.717) is 16.6 Å². The van der Waals surface area contributed by atoms with Crippen molar-refractivity contribution in [1.29, 1.82) is 0 Å². The molecule has 5 heteroatoms. The number of nitrogens with zero attached hydrogens (tertiary/aromatic N) is 2. The third-order valence-electron chi connectivity index (χ3n) is 3.34. The monoisotopic (exact) mass is 330 g/mol. The van der Waals surface area contributed by atoms with E-state index < -0.39 is 0 Å². The van der Waals surface area contributed by atoms with Crippen LogP contribution in [0.4, 0.5) is 0 Å². The molecule has 1 aliphatic heterocycles. The van der Waals surface area contributed by atoms with E-state index in [1.165, 1.54) is 0 Å². The molecular weight excluding hydrogens is 316 g/mol. The largest absolute Gasteiger partial charge is 0.337 e. The molecule has 2 rings (SSSR count). The van der Waals surface area contributed by atoms with Gasteiger partial charge in [0.2, 0.25) is 0 Å². The molecule has 1 heterocycles. The van der Waals surface area contributed by atoms with Gasteiger partial charge in [-0.1, -0.05) is 11.6 Å². The van der Waals surface area contributed by atoms with E-state index in [1.807, 2.05) is 4.90 Å². The van der Waals surface area contributed by atoms with Crippen molar-refractivity contribution in [3.05, 3.63) is 33.3 Å². The highest BCUT2D eigenvalue weighted by molar-refractivity contribution is 9.10. The maximum Gasteiger partial charge on any atom is 0.255 e. The summed E-state index contributed by atoms with van der Waals surface area (Å²) < 4.78 is 0.758. The van der Waals surface area contributed by atoms with Gasteiger partial charge in [0.1, 0.15) is 0 Å². The van der Waals surface area contributed by atoms with E-state index >= 15 is 0 Å². The maximum atomic E-state index is 12.4. The number of hydrogen-bond donors (Lipinski definition) is 0. The SMILES string of the molecule is CN(C)C1CCN(C(=O)c2ccc(Cl)cc2Br)C1. The number of likely N-dealkylation sites (tertiary alicyclic amines) is 1. The van der Waals surface area contributed by atoms with Crippen LogP contribution in [0.25, 0.3) is 0 Å². The zero-order chi connectivity index (χ0) is 13.3. The van der Waals surface area contributed by atoms with Gasteiger partial charge in [-0.25, -0.2) is 0 Å². The van der Waals surface area contributed by atoms with Crippen LogP contribution in [0, 0.1) is 0 Å². The van der Waals surface area contributed by atoms with Gasteiger partial charge in [-0.2, -0.15) is 0 Å². The molecule has 1 saturated heterocycles. The number of carbonyl (C=O) groups excluding carboxylic acids is 1. The lowest BCUT2D eigenvalue weighted by Crippen LogP contribution is -2.34. The summed E-state index contributed by atoms with van der Waals surface area (Å²) in [4.78, 5) is 16.5. The van der Waals surface area contributed by atoms with E-state index in [1.54, 1.807) is 18.2 Å². The smallest absolute Gasteiger partial charge is 0.255 e. The molecule has 0 radical (unpaired) electrons. The molecule has 1 unspecified atom stereocenters. The maximum absolute atomic E-state index is 12.4. The summed E-state index contributed by atoms with van der Waals surface area (Å²) in [5, 5.41) is 0.631. The minimum absolute atomic E-state index is 0.0721. The molecule has 98 valence electrons. The number of likely N-dealkylation sites (N-methyl/N-ethyl adjacent to an activating group) is 1. The predicted molar refractivity (Wildman–Crippen MR) is 77.1 cm³/mol. The molecule has 0 N–H and O–H groups in total. The first-order valence-corrected chi connectivity index (χ1v) is 7.07. The third-order valence-corrected chi connectivity index (χ3v) is 4.23. The zero-order valence-electron chi connectivity index (χ0n) is 10.5. The van der Waals surface area contributed by atoms with Gasteiger partial charge in [-0.05, 0) is 54.6 Å². The van der Waals surface area contributed by atoms with Gasteiger partial charge in [0.05, 0.1) is 5.56 Å². The normalized spacial score (nSPS) is 19.6. The van der Waals surface area contributed by atoms with Crippen LogP contribution < -0.4 is 0 Å². The molecule has 18 heavy (non-hydrogen) atoms. The second-order valence-electron chi connectivity index (χ2n) is 4.78. The molecule has 1 aromatic carbocycles. The lowest BCUT2D eigenvalue weighted by molar-refractivity contribution is 0.0782. The first kappa shape index (κ1) is 13.8. The Morgan fingerprint density at radius 3 is 2.78 bits per heavy atom. The minimum atomic E-state index is 0.0721. The first-order chi connectivity index (χ1) is 8.49. The lowest BCUT2D eigenvalue weighted by Gasteiger charge is -2.20. The number of hydrogen-bond acceptors (Lipinski definition) is 2. The van der Waals surface area contributed by atoms with E-state index in [9.17, 15) is 4.79 Å². The Hall–Kier alpha value is -0.580. The van der Waals surface area contributed by atoms with Crippen molar-refractivity contribution in [2.24, 2.45) is 0 Å². The van der Waals surface area contributed by atoms with E-state index in [4.69, 9.17) is 11.6 Å². The molecule has 0 bridgehead atoms. The van der Waals surface area contributed by atoms with E-state index in [-0.39, 0.29) is 5.91 Å². The Kier molecular flexibility index (Phi) is 4.30.